The van der Waals surface area contributed by atoms with E-state index in [0.29, 0.717) is 4.90 Å². The first kappa shape index (κ1) is 20.8. The summed E-state index contributed by atoms with van der Waals surface area (Å²) in [5.74, 6) is 0. The summed E-state index contributed by atoms with van der Waals surface area (Å²) in [6, 6.07) is 22.9. The van der Waals surface area contributed by atoms with Crippen LogP contribution >= 0.6 is 0 Å². The molecule has 0 radical (unpaired) electrons. The van der Waals surface area contributed by atoms with Crippen LogP contribution in [0.25, 0.3) is 11.1 Å². The van der Waals surface area contributed by atoms with Gasteiger partial charge < -0.3 is 4.90 Å². The molecule has 0 saturated carbocycles. The van der Waals surface area contributed by atoms with Crippen LogP contribution in [0.2, 0.25) is 0 Å². The normalized spacial score (nSPS) is 12.3. The Morgan fingerprint density at radius 3 is 1.94 bits per heavy atom. The van der Waals surface area contributed by atoms with Crippen LogP contribution in [0, 0.1) is 0 Å². The largest absolute Gasteiger partial charge is 0.332 e. The number of aromatic nitrogens is 2. The van der Waals surface area contributed by atoms with E-state index in [2.05, 4.69) is 21.8 Å². The zero-order valence-corrected chi connectivity index (χ0v) is 18.2. The molecule has 1 atom stereocenters. The molecule has 4 aromatic rings. The number of pyridine rings is 2. The summed E-state index contributed by atoms with van der Waals surface area (Å²) in [5, 5.41) is 0. The second-order valence-electron chi connectivity index (χ2n) is 7.36. The molecule has 6 heteroatoms. The topological polar surface area (TPSA) is 63.2 Å². The van der Waals surface area contributed by atoms with Crippen molar-refractivity contribution in [1.82, 2.24) is 9.97 Å². The smallest absolute Gasteiger partial charge is 0.175 e. The van der Waals surface area contributed by atoms with Gasteiger partial charge >= 0.3 is 0 Å². The summed E-state index contributed by atoms with van der Waals surface area (Å²) >= 11 is 0. The van der Waals surface area contributed by atoms with Crippen molar-refractivity contribution in [3.8, 4) is 11.1 Å². The van der Waals surface area contributed by atoms with Crippen LogP contribution in [0.3, 0.4) is 0 Å². The van der Waals surface area contributed by atoms with Crippen LogP contribution in [0.1, 0.15) is 18.5 Å². The quantitative estimate of drug-likeness (QED) is 0.408. The Bertz CT molecular complexity index is 1220. The fraction of sp³-hybridized carbons (Fsp3) is 0.120. The van der Waals surface area contributed by atoms with Crippen molar-refractivity contribution in [3.63, 3.8) is 0 Å². The van der Waals surface area contributed by atoms with Gasteiger partial charge in [-0.1, -0.05) is 36.4 Å². The molecule has 156 valence electrons. The van der Waals surface area contributed by atoms with Crippen molar-refractivity contribution < 1.29 is 8.42 Å². The average molecular weight is 430 g/mol. The maximum absolute atomic E-state index is 12.3. The van der Waals surface area contributed by atoms with Gasteiger partial charge in [0.15, 0.2) is 9.84 Å². The fourth-order valence-electron chi connectivity index (χ4n) is 3.73. The van der Waals surface area contributed by atoms with E-state index < -0.39 is 9.84 Å². The predicted molar refractivity (Wildman–Crippen MR) is 124 cm³/mol. The van der Waals surface area contributed by atoms with Gasteiger partial charge in [0.1, 0.15) is 0 Å². The van der Waals surface area contributed by atoms with Gasteiger partial charge in [0.2, 0.25) is 0 Å². The monoisotopic (exact) mass is 429 g/mol. The van der Waals surface area contributed by atoms with E-state index in [0.717, 1.165) is 28.1 Å². The lowest BCUT2D eigenvalue weighted by Crippen LogP contribution is -2.22. The third kappa shape index (κ3) is 4.49. The Morgan fingerprint density at radius 1 is 0.806 bits per heavy atom. The first-order valence-electron chi connectivity index (χ1n) is 9.94. The SMILES string of the molecule is CC(c1cc(S(C)(=O)=O)ccc1-c1ccccc1)N(c1cccnc1)c1cccnc1. The van der Waals surface area contributed by atoms with E-state index in [1.165, 1.54) is 6.26 Å². The Balaban J connectivity index is 1.93. The van der Waals surface area contributed by atoms with Crippen LogP contribution in [0.5, 0.6) is 0 Å². The molecule has 0 aliphatic carbocycles. The van der Waals surface area contributed by atoms with Gasteiger partial charge in [-0.25, -0.2) is 8.42 Å². The van der Waals surface area contributed by atoms with Crippen molar-refractivity contribution in [2.75, 3.05) is 11.2 Å². The minimum Gasteiger partial charge on any atom is -0.332 e. The lowest BCUT2D eigenvalue weighted by molar-refractivity contribution is 0.601. The number of benzene rings is 2. The molecule has 0 N–H and O–H groups in total. The van der Waals surface area contributed by atoms with Crippen LogP contribution < -0.4 is 4.90 Å². The van der Waals surface area contributed by atoms with E-state index in [-0.39, 0.29) is 6.04 Å². The van der Waals surface area contributed by atoms with Crippen molar-refractivity contribution in [3.05, 3.63) is 103 Å². The van der Waals surface area contributed by atoms with E-state index in [9.17, 15) is 8.42 Å². The highest BCUT2D eigenvalue weighted by Crippen LogP contribution is 2.39. The maximum Gasteiger partial charge on any atom is 0.175 e. The summed E-state index contributed by atoms with van der Waals surface area (Å²) in [6.45, 7) is 2.06. The zero-order valence-electron chi connectivity index (χ0n) is 17.4. The number of hydrogen-bond acceptors (Lipinski definition) is 5. The highest BCUT2D eigenvalue weighted by Gasteiger charge is 2.23. The summed E-state index contributed by atoms with van der Waals surface area (Å²) < 4.78 is 24.7. The molecule has 4 rings (SSSR count). The summed E-state index contributed by atoms with van der Waals surface area (Å²) in [7, 11) is -3.36. The summed E-state index contributed by atoms with van der Waals surface area (Å²) in [5.41, 5.74) is 4.71. The third-order valence-electron chi connectivity index (χ3n) is 5.22. The van der Waals surface area contributed by atoms with Gasteiger partial charge in [0, 0.05) is 18.6 Å². The minimum atomic E-state index is -3.36. The lowest BCUT2D eigenvalue weighted by Gasteiger charge is -2.32. The molecule has 31 heavy (non-hydrogen) atoms. The fourth-order valence-corrected chi connectivity index (χ4v) is 4.38. The second kappa shape index (κ2) is 8.70. The molecule has 0 bridgehead atoms. The van der Waals surface area contributed by atoms with Crippen molar-refractivity contribution in [2.45, 2.75) is 17.9 Å². The minimum absolute atomic E-state index is 0.190. The molecular formula is C25H23N3O2S. The van der Waals surface area contributed by atoms with Crippen LogP contribution in [0.15, 0.2) is 102 Å². The summed E-state index contributed by atoms with van der Waals surface area (Å²) in [6.07, 6.45) is 8.29. The van der Waals surface area contributed by atoms with Crippen molar-refractivity contribution >= 4 is 21.2 Å². The van der Waals surface area contributed by atoms with E-state index in [1.807, 2.05) is 60.7 Å². The Hall–Kier alpha value is -3.51. The molecule has 5 nitrogen and oxygen atoms in total. The Morgan fingerprint density at radius 2 is 1.42 bits per heavy atom. The third-order valence-corrected chi connectivity index (χ3v) is 6.33. The Kier molecular flexibility index (Phi) is 5.82. The van der Waals surface area contributed by atoms with Gasteiger partial charge in [0.25, 0.3) is 0 Å². The van der Waals surface area contributed by atoms with E-state index >= 15 is 0 Å². The Labute approximate surface area is 183 Å². The molecule has 1 unspecified atom stereocenters. The molecule has 2 aromatic carbocycles. The highest BCUT2D eigenvalue weighted by atomic mass is 32.2. The number of rotatable bonds is 6. The molecule has 2 heterocycles. The molecule has 0 aliphatic rings. The molecule has 0 spiro atoms. The number of hydrogen-bond donors (Lipinski definition) is 0. The van der Waals surface area contributed by atoms with Crippen LogP contribution in [-0.2, 0) is 9.84 Å². The van der Waals surface area contributed by atoms with Crippen LogP contribution in [0.4, 0.5) is 11.4 Å². The first-order chi connectivity index (χ1) is 14.9. The van der Waals surface area contributed by atoms with E-state index in [1.54, 1.807) is 36.9 Å². The lowest BCUT2D eigenvalue weighted by atomic mass is 9.94. The number of sulfone groups is 1. The van der Waals surface area contributed by atoms with Gasteiger partial charge in [-0.2, -0.15) is 0 Å². The maximum atomic E-state index is 12.3. The molecule has 0 aliphatic heterocycles. The average Bonchev–Trinajstić information content (AvgIpc) is 2.80. The van der Waals surface area contributed by atoms with Gasteiger partial charge in [-0.3, -0.25) is 9.97 Å². The standard InChI is InChI=1S/C25H23N3O2S/c1-19(28(21-10-6-14-26-17-21)22-11-7-15-27-18-22)25-16-23(31(2,29)30)12-13-24(25)20-8-4-3-5-9-20/h3-19H,1-2H3. The first-order valence-corrected chi connectivity index (χ1v) is 11.8. The molecule has 0 fully saturated rings. The highest BCUT2D eigenvalue weighted by molar-refractivity contribution is 7.90. The second-order valence-corrected chi connectivity index (χ2v) is 9.37. The number of nitrogens with zero attached hydrogens (tertiary/aromatic N) is 3. The van der Waals surface area contributed by atoms with Gasteiger partial charge in [0.05, 0.1) is 34.7 Å². The van der Waals surface area contributed by atoms with Crippen LogP contribution in [-0.4, -0.2) is 24.6 Å². The zero-order chi connectivity index (χ0) is 21.8. The van der Waals surface area contributed by atoms with Crippen molar-refractivity contribution in [1.29, 1.82) is 0 Å². The van der Waals surface area contributed by atoms with E-state index in [4.69, 9.17) is 0 Å². The summed E-state index contributed by atoms with van der Waals surface area (Å²) in [4.78, 5) is 11.0. The molecule has 0 saturated heterocycles. The predicted octanol–water partition coefficient (Wildman–Crippen LogP) is 5.45. The number of anilines is 2. The molecule has 2 aromatic heterocycles. The van der Waals surface area contributed by atoms with Gasteiger partial charge in [-0.05, 0) is 60.0 Å². The molecule has 0 amide bonds. The molecular weight excluding hydrogens is 406 g/mol. The van der Waals surface area contributed by atoms with Gasteiger partial charge in [-0.15, -0.1) is 0 Å². The van der Waals surface area contributed by atoms with Crippen molar-refractivity contribution in [2.24, 2.45) is 0 Å².